The molecular formula is C6H11I. The average molecular weight is 210 g/mol. The molecule has 0 heterocycles. The summed E-state index contributed by atoms with van der Waals surface area (Å²) < 4.78 is 1.35. The van der Waals surface area contributed by atoms with E-state index in [0.29, 0.717) is 0 Å². The molecule has 1 aliphatic rings. The topological polar surface area (TPSA) is 0 Å². The van der Waals surface area contributed by atoms with Gasteiger partial charge in [-0.05, 0) is 24.7 Å². The maximum Gasteiger partial charge on any atom is 0.00237 e. The standard InChI is InChI=1S/C6H11I/c1-5(4-7)6-2-3-6/h5-6H,2-4H2,1H3. The Kier molecular flexibility index (Phi) is 1.95. The Labute approximate surface area is 58.8 Å². The highest BCUT2D eigenvalue weighted by Gasteiger charge is 2.26. The van der Waals surface area contributed by atoms with Gasteiger partial charge in [-0.2, -0.15) is 0 Å². The maximum absolute atomic E-state index is 2.47. The Morgan fingerprint density at radius 2 is 2.29 bits per heavy atom. The van der Waals surface area contributed by atoms with Crippen LogP contribution in [-0.4, -0.2) is 4.43 Å². The van der Waals surface area contributed by atoms with Crippen LogP contribution in [0.15, 0.2) is 0 Å². The zero-order chi connectivity index (χ0) is 5.28. The van der Waals surface area contributed by atoms with Gasteiger partial charge < -0.3 is 0 Å². The molecule has 7 heavy (non-hydrogen) atoms. The van der Waals surface area contributed by atoms with Gasteiger partial charge in [-0.1, -0.05) is 29.5 Å². The van der Waals surface area contributed by atoms with Crippen LogP contribution in [0, 0.1) is 11.8 Å². The SMILES string of the molecule is CC(CI)C1CC1. The van der Waals surface area contributed by atoms with Crippen molar-refractivity contribution >= 4 is 22.6 Å². The van der Waals surface area contributed by atoms with Gasteiger partial charge in [0.25, 0.3) is 0 Å². The van der Waals surface area contributed by atoms with E-state index < -0.39 is 0 Å². The molecule has 0 aromatic carbocycles. The van der Waals surface area contributed by atoms with Crippen LogP contribution in [0.1, 0.15) is 19.8 Å². The van der Waals surface area contributed by atoms with Crippen molar-refractivity contribution in [3.8, 4) is 0 Å². The lowest BCUT2D eigenvalue weighted by Crippen LogP contribution is -1.95. The normalized spacial score (nSPS) is 24.9. The van der Waals surface area contributed by atoms with Gasteiger partial charge in [-0.15, -0.1) is 0 Å². The Bertz CT molecular complexity index is 57.2. The van der Waals surface area contributed by atoms with E-state index in [1.165, 1.54) is 17.3 Å². The minimum Gasteiger partial charge on any atom is -0.0861 e. The molecule has 1 saturated carbocycles. The second kappa shape index (κ2) is 2.33. The predicted octanol–water partition coefficient (Wildman–Crippen LogP) is 2.47. The zero-order valence-corrected chi connectivity index (χ0v) is 6.81. The molecule has 1 rings (SSSR count). The van der Waals surface area contributed by atoms with Gasteiger partial charge in [-0.3, -0.25) is 0 Å². The lowest BCUT2D eigenvalue weighted by molar-refractivity contribution is 0.581. The van der Waals surface area contributed by atoms with Crippen LogP contribution in [0.3, 0.4) is 0 Å². The van der Waals surface area contributed by atoms with Crippen molar-refractivity contribution in [2.24, 2.45) is 11.8 Å². The summed E-state index contributed by atoms with van der Waals surface area (Å²) in [7, 11) is 0. The third-order valence-corrected chi connectivity index (χ3v) is 3.06. The van der Waals surface area contributed by atoms with Crippen LogP contribution in [0.2, 0.25) is 0 Å². The summed E-state index contributed by atoms with van der Waals surface area (Å²) in [5, 5.41) is 0. The molecule has 0 saturated heterocycles. The number of hydrogen-bond donors (Lipinski definition) is 0. The molecule has 42 valence electrons. The Morgan fingerprint density at radius 1 is 1.71 bits per heavy atom. The average Bonchev–Trinajstić information content (AvgIpc) is 2.44. The first-order valence-corrected chi connectivity index (χ1v) is 4.43. The molecular weight excluding hydrogens is 199 g/mol. The monoisotopic (exact) mass is 210 g/mol. The molecule has 0 radical (unpaired) electrons. The largest absolute Gasteiger partial charge is 0.0861 e. The number of rotatable bonds is 2. The molecule has 0 aromatic rings. The van der Waals surface area contributed by atoms with Crippen LogP contribution in [-0.2, 0) is 0 Å². The highest BCUT2D eigenvalue weighted by Crippen LogP contribution is 2.37. The van der Waals surface area contributed by atoms with Gasteiger partial charge in [0.2, 0.25) is 0 Å². The van der Waals surface area contributed by atoms with E-state index in [1.54, 1.807) is 0 Å². The fourth-order valence-electron chi connectivity index (χ4n) is 0.791. The van der Waals surface area contributed by atoms with Gasteiger partial charge in [-0.25, -0.2) is 0 Å². The first-order valence-electron chi connectivity index (χ1n) is 2.90. The van der Waals surface area contributed by atoms with Crippen LogP contribution < -0.4 is 0 Å². The third-order valence-electron chi connectivity index (χ3n) is 1.67. The van der Waals surface area contributed by atoms with Crippen molar-refractivity contribution in [2.75, 3.05) is 4.43 Å². The van der Waals surface area contributed by atoms with Crippen molar-refractivity contribution in [3.63, 3.8) is 0 Å². The van der Waals surface area contributed by atoms with Crippen molar-refractivity contribution in [3.05, 3.63) is 0 Å². The van der Waals surface area contributed by atoms with E-state index in [9.17, 15) is 0 Å². The quantitative estimate of drug-likeness (QED) is 0.485. The molecule has 1 unspecified atom stereocenters. The second-order valence-corrected chi connectivity index (χ2v) is 3.35. The summed E-state index contributed by atoms with van der Waals surface area (Å²) >= 11 is 2.47. The Balaban J connectivity index is 2.10. The van der Waals surface area contributed by atoms with Crippen LogP contribution in [0.5, 0.6) is 0 Å². The van der Waals surface area contributed by atoms with Crippen molar-refractivity contribution in [1.82, 2.24) is 0 Å². The van der Waals surface area contributed by atoms with E-state index in [-0.39, 0.29) is 0 Å². The summed E-state index contributed by atoms with van der Waals surface area (Å²) in [6.07, 6.45) is 3.01. The van der Waals surface area contributed by atoms with Crippen LogP contribution >= 0.6 is 22.6 Å². The minimum atomic E-state index is 1.00. The van der Waals surface area contributed by atoms with Gasteiger partial charge in [0.15, 0.2) is 0 Å². The summed E-state index contributed by atoms with van der Waals surface area (Å²) in [5.74, 6) is 2.11. The van der Waals surface area contributed by atoms with E-state index in [2.05, 4.69) is 29.5 Å². The molecule has 0 aliphatic heterocycles. The number of halogens is 1. The molecule has 0 bridgehead atoms. The van der Waals surface area contributed by atoms with E-state index >= 15 is 0 Å². The second-order valence-electron chi connectivity index (χ2n) is 2.47. The summed E-state index contributed by atoms with van der Waals surface area (Å²) in [4.78, 5) is 0. The van der Waals surface area contributed by atoms with Crippen LogP contribution in [0.4, 0.5) is 0 Å². The van der Waals surface area contributed by atoms with Crippen molar-refractivity contribution in [2.45, 2.75) is 19.8 Å². The maximum atomic E-state index is 2.47. The lowest BCUT2D eigenvalue weighted by Gasteiger charge is -2.00. The minimum absolute atomic E-state index is 1.00. The fraction of sp³-hybridized carbons (Fsp3) is 1.00. The molecule has 1 fully saturated rings. The van der Waals surface area contributed by atoms with Gasteiger partial charge in [0.1, 0.15) is 0 Å². The number of hydrogen-bond acceptors (Lipinski definition) is 0. The van der Waals surface area contributed by atoms with Gasteiger partial charge in [0.05, 0.1) is 0 Å². The fourth-order valence-corrected chi connectivity index (χ4v) is 1.51. The van der Waals surface area contributed by atoms with Gasteiger partial charge in [0, 0.05) is 4.43 Å². The molecule has 1 heteroatoms. The van der Waals surface area contributed by atoms with Crippen molar-refractivity contribution < 1.29 is 0 Å². The molecule has 0 nitrogen and oxygen atoms in total. The third kappa shape index (κ3) is 1.59. The van der Waals surface area contributed by atoms with E-state index in [0.717, 1.165) is 11.8 Å². The molecule has 1 aliphatic carbocycles. The number of alkyl halides is 1. The molecule has 0 N–H and O–H groups in total. The Morgan fingerprint density at radius 3 is 2.43 bits per heavy atom. The molecule has 0 amide bonds. The van der Waals surface area contributed by atoms with E-state index in [4.69, 9.17) is 0 Å². The summed E-state index contributed by atoms with van der Waals surface area (Å²) in [6.45, 7) is 2.35. The Hall–Kier alpha value is 0.730. The highest BCUT2D eigenvalue weighted by molar-refractivity contribution is 14.1. The lowest BCUT2D eigenvalue weighted by atomic mass is 10.1. The summed E-state index contributed by atoms with van der Waals surface area (Å²) in [6, 6.07) is 0. The van der Waals surface area contributed by atoms with E-state index in [1.807, 2.05) is 0 Å². The molecule has 0 spiro atoms. The smallest absolute Gasteiger partial charge is 0.00237 e. The van der Waals surface area contributed by atoms with Crippen molar-refractivity contribution in [1.29, 1.82) is 0 Å². The summed E-state index contributed by atoms with van der Waals surface area (Å²) in [5.41, 5.74) is 0. The first kappa shape index (κ1) is 5.86. The molecule has 1 atom stereocenters. The zero-order valence-electron chi connectivity index (χ0n) is 4.65. The highest BCUT2D eigenvalue weighted by atomic mass is 127. The first-order chi connectivity index (χ1) is 3.34. The molecule has 0 aromatic heterocycles. The van der Waals surface area contributed by atoms with Gasteiger partial charge >= 0.3 is 0 Å². The van der Waals surface area contributed by atoms with Crippen LogP contribution in [0.25, 0.3) is 0 Å². The predicted molar refractivity (Wildman–Crippen MR) is 40.8 cm³/mol.